The van der Waals surface area contributed by atoms with Crippen LogP contribution in [0.15, 0.2) is 18.2 Å². The highest BCUT2D eigenvalue weighted by Crippen LogP contribution is 2.16. The van der Waals surface area contributed by atoms with E-state index in [0.29, 0.717) is 17.2 Å². The summed E-state index contributed by atoms with van der Waals surface area (Å²) in [4.78, 5) is 22.8. The number of nitrogens with one attached hydrogen (secondary N) is 1. The number of esters is 1. The second-order valence-electron chi connectivity index (χ2n) is 3.77. The molecule has 0 spiro atoms. The number of hydrogen-bond acceptors (Lipinski definition) is 3. The Balaban J connectivity index is 2.45. The minimum Gasteiger partial charge on any atom is -0.466 e. The van der Waals surface area contributed by atoms with Crippen molar-refractivity contribution in [2.75, 3.05) is 13.2 Å². The highest BCUT2D eigenvalue weighted by atomic mass is 35.5. The van der Waals surface area contributed by atoms with Gasteiger partial charge in [0.05, 0.1) is 13.0 Å². The zero-order valence-electron chi connectivity index (χ0n) is 10.5. The van der Waals surface area contributed by atoms with Gasteiger partial charge in [-0.25, -0.2) is 0 Å². The molecule has 0 bridgehead atoms. The number of hydrogen-bond donors (Lipinski definition) is 1. The molecule has 1 N–H and O–H groups in total. The van der Waals surface area contributed by atoms with Crippen molar-refractivity contribution in [3.8, 4) is 0 Å². The lowest BCUT2D eigenvalue weighted by atomic mass is 10.1. The quantitative estimate of drug-likeness (QED) is 0.835. The van der Waals surface area contributed by atoms with Crippen LogP contribution in [-0.4, -0.2) is 25.0 Å². The largest absolute Gasteiger partial charge is 0.466 e. The summed E-state index contributed by atoms with van der Waals surface area (Å²) in [7, 11) is 0. The molecule has 18 heavy (non-hydrogen) atoms. The van der Waals surface area contributed by atoms with Crippen LogP contribution in [0, 0.1) is 6.92 Å². The van der Waals surface area contributed by atoms with Crippen molar-refractivity contribution in [3.05, 3.63) is 34.3 Å². The molecule has 1 aromatic rings. The monoisotopic (exact) mass is 269 g/mol. The summed E-state index contributed by atoms with van der Waals surface area (Å²) in [5.74, 6) is -0.569. The predicted octanol–water partition coefficient (Wildman–Crippen LogP) is 2.33. The van der Waals surface area contributed by atoms with Gasteiger partial charge in [-0.3, -0.25) is 9.59 Å². The van der Waals surface area contributed by atoms with Crippen molar-refractivity contribution in [2.45, 2.75) is 20.3 Å². The Morgan fingerprint density at radius 3 is 2.72 bits per heavy atom. The average Bonchev–Trinajstić information content (AvgIpc) is 2.33. The highest BCUT2D eigenvalue weighted by Gasteiger charge is 2.08. The molecule has 0 radical (unpaired) electrons. The van der Waals surface area contributed by atoms with E-state index in [9.17, 15) is 9.59 Å². The first-order valence-corrected chi connectivity index (χ1v) is 6.12. The van der Waals surface area contributed by atoms with Crippen LogP contribution in [0.2, 0.25) is 5.02 Å². The van der Waals surface area contributed by atoms with Gasteiger partial charge in [-0.2, -0.15) is 0 Å². The summed E-state index contributed by atoms with van der Waals surface area (Å²) in [6, 6.07) is 5.08. The maximum absolute atomic E-state index is 11.7. The summed E-state index contributed by atoms with van der Waals surface area (Å²) in [6.45, 7) is 4.21. The van der Waals surface area contributed by atoms with Crippen LogP contribution in [0.25, 0.3) is 0 Å². The number of halogens is 1. The standard InChI is InChI=1S/C13H16ClNO3/c1-3-18-12(16)6-7-15-13(17)10-5-4-9(2)11(14)8-10/h4-5,8H,3,6-7H2,1-2H3,(H,15,17). The second-order valence-corrected chi connectivity index (χ2v) is 4.18. The molecule has 5 heteroatoms. The number of carbonyl (C=O) groups excluding carboxylic acids is 2. The molecule has 0 aromatic heterocycles. The summed E-state index contributed by atoms with van der Waals surface area (Å²) in [5.41, 5.74) is 1.40. The number of rotatable bonds is 5. The number of benzene rings is 1. The lowest BCUT2D eigenvalue weighted by Crippen LogP contribution is -2.26. The van der Waals surface area contributed by atoms with Gasteiger partial charge in [-0.05, 0) is 31.5 Å². The highest BCUT2D eigenvalue weighted by molar-refractivity contribution is 6.31. The van der Waals surface area contributed by atoms with Crippen molar-refractivity contribution in [3.63, 3.8) is 0 Å². The minimum atomic E-state index is -0.320. The molecule has 1 rings (SSSR count). The van der Waals surface area contributed by atoms with E-state index in [-0.39, 0.29) is 24.8 Å². The van der Waals surface area contributed by atoms with Crippen LogP contribution >= 0.6 is 11.6 Å². The van der Waals surface area contributed by atoms with E-state index in [1.165, 1.54) is 0 Å². The Morgan fingerprint density at radius 1 is 1.39 bits per heavy atom. The zero-order chi connectivity index (χ0) is 13.5. The third-order valence-corrected chi connectivity index (χ3v) is 2.76. The van der Waals surface area contributed by atoms with E-state index in [0.717, 1.165) is 5.56 Å². The van der Waals surface area contributed by atoms with Gasteiger partial charge in [0.25, 0.3) is 5.91 Å². The van der Waals surface area contributed by atoms with Gasteiger partial charge in [0.15, 0.2) is 0 Å². The van der Waals surface area contributed by atoms with Crippen molar-refractivity contribution in [1.29, 1.82) is 0 Å². The van der Waals surface area contributed by atoms with E-state index >= 15 is 0 Å². The molecular weight excluding hydrogens is 254 g/mol. The Hall–Kier alpha value is -1.55. The third kappa shape index (κ3) is 4.37. The Kier molecular flexibility index (Phi) is 5.65. The van der Waals surface area contributed by atoms with Crippen molar-refractivity contribution >= 4 is 23.5 Å². The first kappa shape index (κ1) is 14.5. The van der Waals surface area contributed by atoms with E-state index in [4.69, 9.17) is 16.3 Å². The topological polar surface area (TPSA) is 55.4 Å². The normalized spacial score (nSPS) is 9.94. The molecule has 0 aliphatic rings. The molecule has 4 nitrogen and oxygen atoms in total. The summed E-state index contributed by atoms with van der Waals surface area (Å²) >= 11 is 5.93. The minimum absolute atomic E-state index is 0.166. The molecule has 0 atom stereocenters. The number of ether oxygens (including phenoxy) is 1. The molecule has 0 aliphatic carbocycles. The summed E-state index contributed by atoms with van der Waals surface area (Å²) < 4.78 is 4.75. The van der Waals surface area contributed by atoms with E-state index in [1.54, 1.807) is 25.1 Å². The van der Waals surface area contributed by atoms with Gasteiger partial charge in [0.1, 0.15) is 0 Å². The van der Waals surface area contributed by atoms with Crippen LogP contribution in [0.3, 0.4) is 0 Å². The predicted molar refractivity (Wildman–Crippen MR) is 69.8 cm³/mol. The molecule has 98 valence electrons. The molecule has 0 aliphatic heterocycles. The van der Waals surface area contributed by atoms with Crippen LogP contribution in [0.1, 0.15) is 29.3 Å². The van der Waals surface area contributed by atoms with Crippen molar-refractivity contribution in [2.24, 2.45) is 0 Å². The van der Waals surface area contributed by atoms with Gasteiger partial charge in [-0.1, -0.05) is 17.7 Å². The molecule has 0 heterocycles. The molecule has 0 unspecified atom stereocenters. The fraction of sp³-hybridized carbons (Fsp3) is 0.385. The van der Waals surface area contributed by atoms with Gasteiger partial charge < -0.3 is 10.1 Å². The average molecular weight is 270 g/mol. The first-order valence-electron chi connectivity index (χ1n) is 5.74. The van der Waals surface area contributed by atoms with Crippen LogP contribution in [-0.2, 0) is 9.53 Å². The lowest BCUT2D eigenvalue weighted by molar-refractivity contribution is -0.142. The number of aryl methyl sites for hydroxylation is 1. The van der Waals surface area contributed by atoms with E-state index < -0.39 is 0 Å². The van der Waals surface area contributed by atoms with Crippen LogP contribution in [0.4, 0.5) is 0 Å². The van der Waals surface area contributed by atoms with Gasteiger partial charge in [-0.15, -0.1) is 0 Å². The van der Waals surface area contributed by atoms with Gasteiger partial charge in [0, 0.05) is 17.1 Å². The maximum Gasteiger partial charge on any atom is 0.307 e. The van der Waals surface area contributed by atoms with Crippen LogP contribution < -0.4 is 5.32 Å². The number of carbonyl (C=O) groups is 2. The molecular formula is C13H16ClNO3. The molecule has 1 amide bonds. The summed E-state index contributed by atoms with van der Waals surface area (Å²) in [5, 5.41) is 3.19. The molecule has 0 fully saturated rings. The Labute approximate surface area is 111 Å². The summed E-state index contributed by atoms with van der Waals surface area (Å²) in [6.07, 6.45) is 0.166. The maximum atomic E-state index is 11.7. The number of amides is 1. The SMILES string of the molecule is CCOC(=O)CCNC(=O)c1ccc(C)c(Cl)c1. The second kappa shape index (κ2) is 7.01. The molecule has 0 saturated heterocycles. The molecule has 1 aromatic carbocycles. The smallest absolute Gasteiger partial charge is 0.307 e. The van der Waals surface area contributed by atoms with Crippen molar-refractivity contribution < 1.29 is 14.3 Å². The van der Waals surface area contributed by atoms with Gasteiger partial charge in [0.2, 0.25) is 0 Å². The van der Waals surface area contributed by atoms with Crippen molar-refractivity contribution in [1.82, 2.24) is 5.32 Å². The van der Waals surface area contributed by atoms with Crippen LogP contribution in [0.5, 0.6) is 0 Å². The van der Waals surface area contributed by atoms with Gasteiger partial charge >= 0.3 is 5.97 Å². The zero-order valence-corrected chi connectivity index (χ0v) is 11.2. The first-order chi connectivity index (χ1) is 8.54. The van der Waals surface area contributed by atoms with E-state index in [2.05, 4.69) is 5.32 Å². The fourth-order valence-electron chi connectivity index (χ4n) is 1.35. The molecule has 0 saturated carbocycles. The lowest BCUT2D eigenvalue weighted by Gasteiger charge is -2.06. The van der Waals surface area contributed by atoms with E-state index in [1.807, 2.05) is 6.92 Å². The Bertz CT molecular complexity index is 446. The Morgan fingerprint density at radius 2 is 2.11 bits per heavy atom. The fourth-order valence-corrected chi connectivity index (χ4v) is 1.53. The third-order valence-electron chi connectivity index (χ3n) is 2.35.